The molecule has 2 bridgehead atoms. The van der Waals surface area contributed by atoms with Gasteiger partial charge in [-0.15, -0.1) is 11.8 Å². The molecule has 7 heteroatoms. The number of carbonyl (C=O) groups is 2. The molecule has 3 aromatic rings. The number of aryl methyl sites for hydroxylation is 1. The number of fused-ring (bicyclic) bond motifs is 6. The smallest absolute Gasteiger partial charge is 0.305 e. The molecular weight excluding hydrogens is 452 g/mol. The van der Waals surface area contributed by atoms with Gasteiger partial charge in [0.15, 0.2) is 0 Å². The molecule has 6 rings (SSSR count). The fraction of sp³-hybridized carbons (Fsp3) is 0.346. The third-order valence-electron chi connectivity index (χ3n) is 6.59. The molecule has 172 valence electrons. The zero-order valence-electron chi connectivity index (χ0n) is 18.6. The lowest BCUT2D eigenvalue weighted by atomic mass is 9.85. The molecule has 4 atom stereocenters. The van der Waals surface area contributed by atoms with E-state index in [0.29, 0.717) is 18.5 Å². The standard InChI is InChI=1S/C11H13NOS2.C9H9NO2.C6H6/c13-11-12-10-8(14-11)4-7-5-1-2-6(3-5)9(7)15-10;1-8-2-4-9(5-3-8)10(6-11)7-12;1-2-4-6-5-3-1/h5-7,9H,1-4H2,(H,12,13);2-7H,1H3;1-6H/t5?,6-,7-,9+;;/m1../s1. The van der Waals surface area contributed by atoms with Crippen molar-refractivity contribution in [2.45, 2.75) is 42.9 Å². The number of thiazole rings is 1. The van der Waals surface area contributed by atoms with Crippen LogP contribution < -0.4 is 9.77 Å². The molecule has 2 aliphatic carbocycles. The minimum absolute atomic E-state index is 0.139. The van der Waals surface area contributed by atoms with Gasteiger partial charge in [0.2, 0.25) is 12.8 Å². The number of hydrogen-bond acceptors (Lipinski definition) is 5. The highest BCUT2D eigenvalue weighted by atomic mass is 32.2. The lowest BCUT2D eigenvalue weighted by molar-refractivity contribution is -0.113. The van der Waals surface area contributed by atoms with Crippen LogP contribution in [0, 0.1) is 24.7 Å². The van der Waals surface area contributed by atoms with Crippen LogP contribution in [0.3, 0.4) is 0 Å². The first kappa shape index (κ1) is 23.5. The van der Waals surface area contributed by atoms with Gasteiger partial charge in [-0.1, -0.05) is 65.4 Å². The Balaban J connectivity index is 0.000000129. The highest BCUT2D eigenvalue weighted by Crippen LogP contribution is 2.58. The van der Waals surface area contributed by atoms with Gasteiger partial charge in [0, 0.05) is 10.1 Å². The maximum absolute atomic E-state index is 11.3. The Morgan fingerprint density at radius 2 is 1.55 bits per heavy atom. The number of rotatable bonds is 3. The summed E-state index contributed by atoms with van der Waals surface area (Å²) in [5, 5.41) is 2.01. The molecule has 2 saturated carbocycles. The molecular formula is C26H28N2O3S2. The summed E-state index contributed by atoms with van der Waals surface area (Å²) >= 11 is 3.40. The van der Waals surface area contributed by atoms with Crippen molar-refractivity contribution in [3.05, 3.63) is 80.8 Å². The Morgan fingerprint density at radius 3 is 2.15 bits per heavy atom. The second-order valence-corrected chi connectivity index (χ2v) is 10.9. The lowest BCUT2D eigenvalue weighted by Gasteiger charge is -2.33. The Hall–Kier alpha value is -2.64. The van der Waals surface area contributed by atoms with Gasteiger partial charge in [-0.3, -0.25) is 19.3 Å². The van der Waals surface area contributed by atoms with Crippen molar-refractivity contribution < 1.29 is 9.59 Å². The number of hydrogen-bond donors (Lipinski definition) is 1. The number of anilines is 1. The van der Waals surface area contributed by atoms with Crippen molar-refractivity contribution in [3.63, 3.8) is 0 Å². The zero-order chi connectivity index (χ0) is 23.2. The molecule has 1 aliphatic heterocycles. The predicted molar refractivity (Wildman–Crippen MR) is 135 cm³/mol. The number of imide groups is 1. The van der Waals surface area contributed by atoms with Gasteiger partial charge in [-0.05, 0) is 62.5 Å². The average molecular weight is 481 g/mol. The highest BCUT2D eigenvalue weighted by molar-refractivity contribution is 8.00. The molecule has 3 aliphatic rings. The van der Waals surface area contributed by atoms with Crippen LogP contribution in [0.25, 0.3) is 0 Å². The first-order valence-corrected chi connectivity index (χ1v) is 12.9. The molecule has 1 N–H and O–H groups in total. The SMILES string of the molecule is Cc1ccc(N(C=O)C=O)cc1.O=c1[nH]c2c(s1)C[C@@H]1C3CC[C@H](C3)[C@@H]1S2.c1ccccc1. The molecule has 2 amide bonds. The van der Waals surface area contributed by atoms with Crippen molar-refractivity contribution >= 4 is 41.6 Å². The maximum Gasteiger partial charge on any atom is 0.305 e. The van der Waals surface area contributed by atoms with Crippen LogP contribution in [-0.4, -0.2) is 23.1 Å². The van der Waals surface area contributed by atoms with Gasteiger partial charge in [0.25, 0.3) is 0 Å². The van der Waals surface area contributed by atoms with Crippen molar-refractivity contribution in [3.8, 4) is 0 Å². The second-order valence-electron chi connectivity index (χ2n) is 8.66. The Labute approximate surface area is 202 Å². The van der Waals surface area contributed by atoms with E-state index in [2.05, 4.69) is 4.98 Å². The van der Waals surface area contributed by atoms with E-state index < -0.39 is 0 Å². The van der Waals surface area contributed by atoms with Crippen LogP contribution in [0.1, 0.15) is 29.7 Å². The van der Waals surface area contributed by atoms with E-state index >= 15 is 0 Å². The van der Waals surface area contributed by atoms with Crippen LogP contribution in [0.4, 0.5) is 5.69 Å². The van der Waals surface area contributed by atoms with E-state index in [1.165, 1.54) is 46.9 Å². The number of nitrogens with one attached hydrogen (secondary N) is 1. The maximum atomic E-state index is 11.3. The summed E-state index contributed by atoms with van der Waals surface area (Å²) < 4.78 is 0. The van der Waals surface area contributed by atoms with Crippen molar-refractivity contribution in [2.75, 3.05) is 4.90 Å². The quantitative estimate of drug-likeness (QED) is 0.517. The van der Waals surface area contributed by atoms with E-state index in [0.717, 1.165) is 33.5 Å². The van der Waals surface area contributed by atoms with Crippen molar-refractivity contribution in [1.29, 1.82) is 0 Å². The number of nitrogens with zero attached hydrogens (tertiary/aromatic N) is 1. The van der Waals surface area contributed by atoms with Gasteiger partial charge < -0.3 is 4.98 Å². The minimum Gasteiger partial charge on any atom is -0.307 e. The minimum atomic E-state index is 0.139. The number of H-pyrrole nitrogens is 1. The van der Waals surface area contributed by atoms with Crippen LogP contribution in [-0.2, 0) is 16.0 Å². The average Bonchev–Trinajstić information content (AvgIpc) is 3.55. The summed E-state index contributed by atoms with van der Waals surface area (Å²) in [5.41, 5.74) is 1.68. The van der Waals surface area contributed by atoms with Gasteiger partial charge in [-0.2, -0.15) is 0 Å². The van der Waals surface area contributed by atoms with Crippen LogP contribution in [0.15, 0.2) is 70.5 Å². The predicted octanol–water partition coefficient (Wildman–Crippen LogP) is 5.30. The lowest BCUT2D eigenvalue weighted by Crippen LogP contribution is -2.29. The molecule has 0 radical (unpaired) electrons. The number of carbonyl (C=O) groups excluding carboxylic acids is 2. The van der Waals surface area contributed by atoms with Gasteiger partial charge in [0.1, 0.15) is 0 Å². The number of aromatic nitrogens is 1. The molecule has 1 unspecified atom stereocenters. The monoisotopic (exact) mass is 480 g/mol. The second kappa shape index (κ2) is 11.0. The van der Waals surface area contributed by atoms with Gasteiger partial charge in [-0.25, -0.2) is 0 Å². The Kier molecular flexibility index (Phi) is 7.83. The molecule has 2 fully saturated rings. The summed E-state index contributed by atoms with van der Waals surface area (Å²) in [5.74, 6) is 2.80. The van der Waals surface area contributed by atoms with E-state index in [9.17, 15) is 14.4 Å². The third-order valence-corrected chi connectivity index (χ3v) is 9.22. The number of aromatic amines is 1. The van der Waals surface area contributed by atoms with Crippen molar-refractivity contribution in [1.82, 2.24) is 4.98 Å². The first-order valence-electron chi connectivity index (χ1n) is 11.2. The summed E-state index contributed by atoms with van der Waals surface area (Å²) in [4.78, 5) is 37.4. The highest BCUT2D eigenvalue weighted by Gasteiger charge is 2.50. The molecule has 33 heavy (non-hydrogen) atoms. The van der Waals surface area contributed by atoms with E-state index in [-0.39, 0.29) is 4.87 Å². The Bertz CT molecular complexity index is 1040. The van der Waals surface area contributed by atoms with E-state index in [4.69, 9.17) is 0 Å². The third kappa shape index (κ3) is 5.65. The molecule has 2 heterocycles. The molecule has 5 nitrogen and oxygen atoms in total. The zero-order valence-corrected chi connectivity index (χ0v) is 20.2. The normalized spacial score (nSPS) is 23.7. The molecule has 0 saturated heterocycles. The van der Waals surface area contributed by atoms with E-state index in [1.54, 1.807) is 12.1 Å². The largest absolute Gasteiger partial charge is 0.307 e. The fourth-order valence-corrected chi connectivity index (χ4v) is 7.70. The number of benzene rings is 2. The molecule has 1 aromatic heterocycles. The van der Waals surface area contributed by atoms with Gasteiger partial charge in [0.05, 0.1) is 10.7 Å². The van der Waals surface area contributed by atoms with Crippen molar-refractivity contribution in [2.24, 2.45) is 17.8 Å². The van der Waals surface area contributed by atoms with Crippen LogP contribution >= 0.6 is 23.1 Å². The molecule has 2 aromatic carbocycles. The number of amides is 2. The number of thioether (sulfide) groups is 1. The summed E-state index contributed by atoms with van der Waals surface area (Å²) in [6.45, 7) is 1.94. The summed E-state index contributed by atoms with van der Waals surface area (Å²) in [6, 6.07) is 19.1. The fourth-order valence-electron chi connectivity index (χ4n) is 5.00. The van der Waals surface area contributed by atoms with Crippen LogP contribution in [0.2, 0.25) is 0 Å². The summed E-state index contributed by atoms with van der Waals surface area (Å²) in [6.07, 6.45) is 6.48. The van der Waals surface area contributed by atoms with Crippen LogP contribution in [0.5, 0.6) is 0 Å². The first-order chi connectivity index (χ1) is 16.1. The van der Waals surface area contributed by atoms with Gasteiger partial charge >= 0.3 is 4.87 Å². The summed E-state index contributed by atoms with van der Waals surface area (Å²) in [7, 11) is 0. The Morgan fingerprint density at radius 1 is 0.939 bits per heavy atom. The van der Waals surface area contributed by atoms with E-state index in [1.807, 2.05) is 67.2 Å². The molecule has 0 spiro atoms. The topological polar surface area (TPSA) is 70.2 Å².